The Bertz CT molecular complexity index is 939. The van der Waals surface area contributed by atoms with Crippen LogP contribution in [0.1, 0.15) is 36.2 Å². The summed E-state index contributed by atoms with van der Waals surface area (Å²) in [6.45, 7) is 4.99. The number of benzene rings is 2. The molecule has 0 atom stereocenters. The predicted octanol–water partition coefficient (Wildman–Crippen LogP) is 3.24. The van der Waals surface area contributed by atoms with E-state index in [0.29, 0.717) is 17.7 Å². The monoisotopic (exact) mass is 388 g/mol. The molecule has 2 rings (SSSR count). The van der Waals surface area contributed by atoms with Crippen molar-refractivity contribution in [2.24, 2.45) is 0 Å². The van der Waals surface area contributed by atoms with E-state index in [9.17, 15) is 18.0 Å². The Kier molecular flexibility index (Phi) is 6.87. The largest absolute Gasteiger partial charge is 0.325 e. The lowest BCUT2D eigenvalue weighted by atomic mass is 10.2. The second-order valence-electron chi connectivity index (χ2n) is 6.29. The number of hydrogen-bond donors (Lipinski definition) is 1. The first-order valence-electron chi connectivity index (χ1n) is 8.72. The topological polar surface area (TPSA) is 83.6 Å². The van der Waals surface area contributed by atoms with E-state index in [4.69, 9.17) is 0 Å². The van der Waals surface area contributed by atoms with Crippen LogP contribution in [0, 0.1) is 6.92 Å². The van der Waals surface area contributed by atoms with E-state index in [-0.39, 0.29) is 23.8 Å². The quantitative estimate of drug-likeness (QED) is 0.704. The van der Waals surface area contributed by atoms with E-state index in [1.807, 2.05) is 26.0 Å². The number of rotatable bonds is 8. The van der Waals surface area contributed by atoms with Crippen molar-refractivity contribution in [3.05, 3.63) is 59.7 Å². The van der Waals surface area contributed by atoms with Crippen molar-refractivity contribution in [1.29, 1.82) is 0 Å². The molecule has 0 fully saturated rings. The minimum atomic E-state index is -3.90. The molecule has 144 valence electrons. The van der Waals surface area contributed by atoms with Crippen molar-refractivity contribution < 1.29 is 18.0 Å². The zero-order chi connectivity index (χ0) is 20.0. The second-order valence-corrected chi connectivity index (χ2v) is 8.22. The summed E-state index contributed by atoms with van der Waals surface area (Å²) in [5.41, 5.74) is 1.86. The number of carbonyl (C=O) groups is 2. The number of nitrogens with zero attached hydrogens (tertiary/aromatic N) is 1. The van der Waals surface area contributed by atoms with E-state index >= 15 is 0 Å². The van der Waals surface area contributed by atoms with Gasteiger partial charge in [0.2, 0.25) is 15.9 Å². The molecule has 2 aromatic rings. The lowest BCUT2D eigenvalue weighted by molar-refractivity contribution is -0.116. The molecule has 7 heteroatoms. The summed E-state index contributed by atoms with van der Waals surface area (Å²) in [6.07, 6.45) is 0.559. The molecule has 27 heavy (non-hydrogen) atoms. The van der Waals surface area contributed by atoms with Crippen LogP contribution in [-0.4, -0.2) is 37.5 Å². The SMILES string of the molecule is CCCN(CC(=O)Nc1ccccc1C)S(=O)(=O)c1cccc(C(C)=O)c1. The van der Waals surface area contributed by atoms with Gasteiger partial charge in [-0.1, -0.05) is 37.3 Å². The van der Waals surface area contributed by atoms with E-state index in [2.05, 4.69) is 5.32 Å². The average molecular weight is 388 g/mol. The van der Waals surface area contributed by atoms with E-state index < -0.39 is 15.9 Å². The Morgan fingerprint density at radius 2 is 1.78 bits per heavy atom. The maximum atomic E-state index is 13.0. The molecule has 0 heterocycles. The highest BCUT2D eigenvalue weighted by atomic mass is 32.2. The van der Waals surface area contributed by atoms with Crippen LogP contribution in [0.25, 0.3) is 0 Å². The molecule has 1 amide bonds. The van der Waals surface area contributed by atoms with Gasteiger partial charge >= 0.3 is 0 Å². The zero-order valence-electron chi connectivity index (χ0n) is 15.7. The third-order valence-electron chi connectivity index (χ3n) is 4.09. The molecule has 0 aliphatic heterocycles. The molecule has 0 radical (unpaired) electrons. The highest BCUT2D eigenvalue weighted by molar-refractivity contribution is 7.89. The minimum absolute atomic E-state index is 0.00680. The lowest BCUT2D eigenvalue weighted by Gasteiger charge is -2.21. The third-order valence-corrected chi connectivity index (χ3v) is 5.93. The van der Waals surface area contributed by atoms with Crippen LogP contribution < -0.4 is 5.32 Å². The molecule has 6 nitrogen and oxygen atoms in total. The number of amides is 1. The summed E-state index contributed by atoms with van der Waals surface area (Å²) in [7, 11) is -3.90. The summed E-state index contributed by atoms with van der Waals surface area (Å²) in [4.78, 5) is 24.0. The van der Waals surface area contributed by atoms with Crippen LogP contribution in [-0.2, 0) is 14.8 Å². The van der Waals surface area contributed by atoms with Gasteiger partial charge in [0.05, 0.1) is 11.4 Å². The summed E-state index contributed by atoms with van der Waals surface area (Å²) in [6, 6.07) is 13.2. The number of sulfonamides is 1. The molecule has 0 saturated carbocycles. The highest BCUT2D eigenvalue weighted by Gasteiger charge is 2.26. The number of anilines is 1. The molecular weight excluding hydrogens is 364 g/mol. The summed E-state index contributed by atoms with van der Waals surface area (Å²) >= 11 is 0. The molecule has 0 spiro atoms. The van der Waals surface area contributed by atoms with Crippen LogP contribution >= 0.6 is 0 Å². The standard InChI is InChI=1S/C20H24N2O4S/c1-4-12-22(14-20(24)21-19-11-6-5-8-15(19)2)27(25,26)18-10-7-9-17(13-18)16(3)23/h5-11,13H,4,12,14H2,1-3H3,(H,21,24). The zero-order valence-corrected chi connectivity index (χ0v) is 16.5. The Hall–Kier alpha value is -2.51. The van der Waals surface area contributed by atoms with Gasteiger partial charge in [-0.2, -0.15) is 4.31 Å². The minimum Gasteiger partial charge on any atom is -0.325 e. The Labute approximate surface area is 160 Å². The number of para-hydroxylation sites is 1. The van der Waals surface area contributed by atoms with Gasteiger partial charge < -0.3 is 5.32 Å². The Morgan fingerprint density at radius 1 is 1.07 bits per heavy atom. The van der Waals surface area contributed by atoms with Crippen molar-refractivity contribution >= 4 is 27.4 Å². The number of nitrogens with one attached hydrogen (secondary N) is 1. The van der Waals surface area contributed by atoms with Crippen LogP contribution in [0.3, 0.4) is 0 Å². The first-order valence-corrected chi connectivity index (χ1v) is 10.2. The number of carbonyl (C=O) groups excluding carboxylic acids is 2. The maximum absolute atomic E-state index is 13.0. The number of Topliss-reactive ketones (excluding diaryl/α,β-unsaturated/α-hetero) is 1. The fourth-order valence-corrected chi connectivity index (χ4v) is 4.16. The molecule has 0 aromatic heterocycles. The van der Waals surface area contributed by atoms with Crippen LogP contribution in [0.15, 0.2) is 53.4 Å². The molecule has 0 unspecified atom stereocenters. The van der Waals surface area contributed by atoms with Gasteiger partial charge in [-0.05, 0) is 44.0 Å². The average Bonchev–Trinajstić information content (AvgIpc) is 2.63. The molecule has 0 bridgehead atoms. The first-order chi connectivity index (χ1) is 12.8. The maximum Gasteiger partial charge on any atom is 0.243 e. The third kappa shape index (κ3) is 5.24. The number of hydrogen-bond acceptors (Lipinski definition) is 4. The van der Waals surface area contributed by atoms with Gasteiger partial charge in [0.1, 0.15) is 0 Å². The fraction of sp³-hybridized carbons (Fsp3) is 0.300. The molecule has 1 N–H and O–H groups in total. The van der Waals surface area contributed by atoms with Crippen molar-refractivity contribution in [2.75, 3.05) is 18.4 Å². The van der Waals surface area contributed by atoms with Crippen molar-refractivity contribution in [3.63, 3.8) is 0 Å². The van der Waals surface area contributed by atoms with Crippen LogP contribution in [0.2, 0.25) is 0 Å². The van der Waals surface area contributed by atoms with Gasteiger partial charge in [0.25, 0.3) is 0 Å². The van der Waals surface area contributed by atoms with E-state index in [0.717, 1.165) is 9.87 Å². The van der Waals surface area contributed by atoms with Gasteiger partial charge in [0, 0.05) is 17.8 Å². The van der Waals surface area contributed by atoms with Crippen LogP contribution in [0.4, 0.5) is 5.69 Å². The van der Waals surface area contributed by atoms with E-state index in [1.165, 1.54) is 25.1 Å². The lowest BCUT2D eigenvalue weighted by Crippen LogP contribution is -2.38. The van der Waals surface area contributed by atoms with Crippen LogP contribution in [0.5, 0.6) is 0 Å². The molecule has 0 aliphatic carbocycles. The van der Waals surface area contributed by atoms with E-state index in [1.54, 1.807) is 18.2 Å². The fourth-order valence-electron chi connectivity index (χ4n) is 2.62. The van der Waals surface area contributed by atoms with Gasteiger partial charge in [-0.15, -0.1) is 0 Å². The predicted molar refractivity (Wildman–Crippen MR) is 105 cm³/mol. The molecule has 0 aliphatic rings. The van der Waals surface area contributed by atoms with Crippen molar-refractivity contribution in [3.8, 4) is 0 Å². The highest BCUT2D eigenvalue weighted by Crippen LogP contribution is 2.19. The Morgan fingerprint density at radius 3 is 2.41 bits per heavy atom. The normalized spacial score (nSPS) is 11.4. The molecular formula is C20H24N2O4S. The number of ketones is 1. The summed E-state index contributed by atoms with van der Waals surface area (Å²) < 4.78 is 27.1. The van der Waals surface area contributed by atoms with Gasteiger partial charge in [-0.25, -0.2) is 8.42 Å². The first kappa shape index (κ1) is 20.8. The smallest absolute Gasteiger partial charge is 0.243 e. The summed E-state index contributed by atoms with van der Waals surface area (Å²) in [5.74, 6) is -0.629. The van der Waals surface area contributed by atoms with Crippen molar-refractivity contribution in [2.45, 2.75) is 32.1 Å². The number of aryl methyl sites for hydroxylation is 1. The summed E-state index contributed by atoms with van der Waals surface area (Å²) in [5, 5.41) is 2.75. The molecule has 2 aromatic carbocycles. The van der Waals surface area contributed by atoms with Gasteiger partial charge in [-0.3, -0.25) is 9.59 Å². The second kappa shape index (κ2) is 8.92. The van der Waals surface area contributed by atoms with Gasteiger partial charge in [0.15, 0.2) is 5.78 Å². The molecule has 0 saturated heterocycles. The van der Waals surface area contributed by atoms with Crippen molar-refractivity contribution in [1.82, 2.24) is 4.31 Å². The Balaban J connectivity index is 2.25.